The van der Waals surface area contributed by atoms with Gasteiger partial charge >= 0.3 is 0 Å². The highest BCUT2D eigenvalue weighted by Crippen LogP contribution is 2.38. The van der Waals surface area contributed by atoms with Crippen LogP contribution in [0.1, 0.15) is 5.56 Å². The number of piperazine rings is 1. The van der Waals surface area contributed by atoms with Crippen LogP contribution in [0.25, 0.3) is 0 Å². The molecule has 2 aromatic carbocycles. The molecule has 0 saturated carbocycles. The monoisotopic (exact) mass is 366 g/mol. The molecule has 142 valence electrons. The maximum Gasteiger partial charge on any atom is 0.186 e. The molecule has 0 radical (unpaired) electrons. The summed E-state index contributed by atoms with van der Waals surface area (Å²) in [4.78, 5) is 4.98. The Kier molecular flexibility index (Phi) is 4.84. The average molecular weight is 366 g/mol. The van der Waals surface area contributed by atoms with E-state index in [1.165, 1.54) is 5.69 Å². The Morgan fingerprint density at radius 3 is 2.30 bits per heavy atom. The summed E-state index contributed by atoms with van der Waals surface area (Å²) in [5.41, 5.74) is 2.48. The van der Waals surface area contributed by atoms with Crippen LogP contribution in [0.5, 0.6) is 0 Å². The number of hydrogen-bond acceptors (Lipinski definition) is 5. The number of nitrogens with zero attached hydrogens (tertiary/aromatic N) is 2. The molecule has 5 rings (SSSR count). The van der Waals surface area contributed by atoms with Gasteiger partial charge in [0.25, 0.3) is 0 Å². The molecule has 0 unspecified atom stereocenters. The van der Waals surface area contributed by atoms with Crippen molar-refractivity contribution in [2.24, 2.45) is 0 Å². The van der Waals surface area contributed by atoms with Crippen LogP contribution in [0.4, 0.5) is 5.69 Å². The van der Waals surface area contributed by atoms with Gasteiger partial charge < -0.3 is 19.1 Å². The van der Waals surface area contributed by atoms with Crippen molar-refractivity contribution in [3.05, 3.63) is 66.2 Å². The molecule has 3 fully saturated rings. The van der Waals surface area contributed by atoms with Crippen LogP contribution < -0.4 is 4.90 Å². The van der Waals surface area contributed by atoms with E-state index in [9.17, 15) is 0 Å². The second-order valence-electron chi connectivity index (χ2n) is 7.49. The molecule has 3 aliphatic rings. The van der Waals surface area contributed by atoms with Crippen LogP contribution in [-0.4, -0.2) is 62.2 Å². The first-order valence-corrected chi connectivity index (χ1v) is 9.85. The minimum atomic E-state index is -0.239. The van der Waals surface area contributed by atoms with Crippen molar-refractivity contribution in [2.45, 2.75) is 31.1 Å². The molecule has 0 bridgehead atoms. The Bertz CT molecular complexity index is 734. The van der Waals surface area contributed by atoms with E-state index in [2.05, 4.69) is 52.3 Å². The Balaban J connectivity index is 1.12. The molecule has 0 N–H and O–H groups in total. The van der Waals surface area contributed by atoms with Crippen LogP contribution in [-0.2, 0) is 20.8 Å². The largest absolute Gasteiger partial charge is 0.369 e. The molecular formula is C22H26N2O3. The van der Waals surface area contributed by atoms with Crippen molar-refractivity contribution < 1.29 is 14.2 Å². The number of anilines is 1. The molecule has 2 aromatic rings. The summed E-state index contributed by atoms with van der Waals surface area (Å²) < 4.78 is 17.9. The fourth-order valence-corrected chi connectivity index (χ4v) is 4.21. The summed E-state index contributed by atoms with van der Waals surface area (Å²) in [6, 6.07) is 21.2. The normalized spacial score (nSPS) is 30.7. The van der Waals surface area contributed by atoms with Gasteiger partial charge in [-0.05, 0) is 17.7 Å². The summed E-state index contributed by atoms with van der Waals surface area (Å²) in [6.07, 6.45) is 0.0967. The van der Waals surface area contributed by atoms with E-state index in [0.29, 0.717) is 19.3 Å². The predicted octanol–water partition coefficient (Wildman–Crippen LogP) is 2.52. The molecule has 27 heavy (non-hydrogen) atoms. The zero-order chi connectivity index (χ0) is 18.1. The third kappa shape index (κ3) is 3.73. The molecule has 5 nitrogen and oxygen atoms in total. The zero-order valence-electron chi connectivity index (χ0n) is 15.4. The highest BCUT2D eigenvalue weighted by molar-refractivity contribution is 5.46. The maximum absolute atomic E-state index is 6.03. The van der Waals surface area contributed by atoms with E-state index in [1.54, 1.807) is 0 Å². The van der Waals surface area contributed by atoms with Gasteiger partial charge in [0.15, 0.2) is 6.29 Å². The average Bonchev–Trinajstić information content (AvgIpc) is 3.55. The Labute approximate surface area is 160 Å². The zero-order valence-corrected chi connectivity index (χ0v) is 15.4. The van der Waals surface area contributed by atoms with Gasteiger partial charge in [0, 0.05) is 31.9 Å². The van der Waals surface area contributed by atoms with Crippen molar-refractivity contribution in [3.63, 3.8) is 0 Å². The van der Waals surface area contributed by atoms with Gasteiger partial charge in [0.1, 0.15) is 12.2 Å². The molecule has 3 heterocycles. The van der Waals surface area contributed by atoms with E-state index in [1.807, 2.05) is 18.2 Å². The van der Waals surface area contributed by atoms with Gasteiger partial charge in [0.2, 0.25) is 0 Å². The Morgan fingerprint density at radius 1 is 0.852 bits per heavy atom. The van der Waals surface area contributed by atoms with E-state index >= 15 is 0 Å². The van der Waals surface area contributed by atoms with Crippen LogP contribution in [0.2, 0.25) is 0 Å². The molecule has 0 aliphatic carbocycles. The fraction of sp³-hybridized carbons (Fsp3) is 0.455. The molecule has 3 aliphatic heterocycles. The van der Waals surface area contributed by atoms with E-state index in [0.717, 1.165) is 31.7 Å². The Hall–Kier alpha value is -1.92. The van der Waals surface area contributed by atoms with Gasteiger partial charge in [-0.3, -0.25) is 4.90 Å². The standard InChI is InChI=1S/C22H26N2O3/c1-3-7-17(8-4-1)15-25-22-21-20(27-21)19(16-26-22)24-13-11-23(12-14-24)18-9-5-2-6-10-18/h1-10,19-22H,11-16H2/t19-,20+,21+,22-/m0/s1. The summed E-state index contributed by atoms with van der Waals surface area (Å²) in [5.74, 6) is 0. The summed E-state index contributed by atoms with van der Waals surface area (Å²) in [5, 5.41) is 0. The van der Waals surface area contributed by atoms with E-state index < -0.39 is 0 Å². The van der Waals surface area contributed by atoms with Crippen LogP contribution in [0.15, 0.2) is 60.7 Å². The number of ether oxygens (including phenoxy) is 3. The van der Waals surface area contributed by atoms with Gasteiger partial charge in [-0.25, -0.2) is 0 Å². The number of benzene rings is 2. The van der Waals surface area contributed by atoms with Crippen molar-refractivity contribution in [1.82, 2.24) is 4.90 Å². The molecule has 0 aromatic heterocycles. The van der Waals surface area contributed by atoms with Gasteiger partial charge in [-0.2, -0.15) is 0 Å². The molecule has 3 saturated heterocycles. The van der Waals surface area contributed by atoms with Crippen LogP contribution in [0.3, 0.4) is 0 Å². The number of hydrogen-bond donors (Lipinski definition) is 0. The highest BCUT2D eigenvalue weighted by Gasteiger charge is 2.56. The summed E-state index contributed by atoms with van der Waals surface area (Å²) >= 11 is 0. The second kappa shape index (κ2) is 7.60. The number of epoxide rings is 1. The van der Waals surface area contributed by atoms with Crippen LogP contribution >= 0.6 is 0 Å². The SMILES string of the molecule is c1ccc(CO[C@H]2OC[C@H](N3CCN(c4ccccc4)CC3)[C@H]3O[C@@H]23)cc1. The maximum atomic E-state index is 6.03. The molecule has 4 atom stereocenters. The number of fused-ring (bicyclic) bond motifs is 1. The lowest BCUT2D eigenvalue weighted by molar-refractivity contribution is -0.176. The van der Waals surface area contributed by atoms with Gasteiger partial charge in [0.05, 0.1) is 19.3 Å². The molecule has 5 heteroatoms. The molecular weight excluding hydrogens is 340 g/mol. The van der Waals surface area contributed by atoms with E-state index in [-0.39, 0.29) is 18.5 Å². The number of rotatable bonds is 5. The minimum Gasteiger partial charge on any atom is -0.369 e. The predicted molar refractivity (Wildman–Crippen MR) is 104 cm³/mol. The first kappa shape index (κ1) is 17.2. The molecule has 0 spiro atoms. The lowest BCUT2D eigenvalue weighted by Crippen LogP contribution is -2.56. The van der Waals surface area contributed by atoms with Crippen molar-refractivity contribution >= 4 is 5.69 Å². The summed E-state index contributed by atoms with van der Waals surface area (Å²) in [6.45, 7) is 5.44. The highest BCUT2D eigenvalue weighted by atomic mass is 16.7. The van der Waals surface area contributed by atoms with E-state index in [4.69, 9.17) is 14.2 Å². The first-order valence-electron chi connectivity index (χ1n) is 9.85. The van der Waals surface area contributed by atoms with Crippen molar-refractivity contribution in [1.29, 1.82) is 0 Å². The van der Waals surface area contributed by atoms with Crippen LogP contribution in [0, 0.1) is 0 Å². The minimum absolute atomic E-state index is 0.0830. The topological polar surface area (TPSA) is 37.5 Å². The lowest BCUT2D eigenvalue weighted by atomic mass is 10.1. The smallest absolute Gasteiger partial charge is 0.186 e. The quantitative estimate of drug-likeness (QED) is 0.760. The Morgan fingerprint density at radius 2 is 1.56 bits per heavy atom. The van der Waals surface area contributed by atoms with Crippen molar-refractivity contribution in [3.8, 4) is 0 Å². The molecule has 0 amide bonds. The second-order valence-corrected chi connectivity index (χ2v) is 7.49. The van der Waals surface area contributed by atoms with Gasteiger partial charge in [-0.1, -0.05) is 48.5 Å². The third-order valence-corrected chi connectivity index (χ3v) is 5.80. The van der Waals surface area contributed by atoms with Gasteiger partial charge in [-0.15, -0.1) is 0 Å². The number of para-hydroxylation sites is 1. The fourth-order valence-electron chi connectivity index (χ4n) is 4.21. The van der Waals surface area contributed by atoms with Crippen molar-refractivity contribution in [2.75, 3.05) is 37.7 Å². The first-order chi connectivity index (χ1) is 13.4. The lowest BCUT2D eigenvalue weighted by Gasteiger charge is -2.41. The third-order valence-electron chi connectivity index (χ3n) is 5.80. The summed E-state index contributed by atoms with van der Waals surface area (Å²) in [7, 11) is 0.